The molecule has 112 valence electrons. The molecule has 3 N–H and O–H groups in total. The number of rotatable bonds is 6. The number of amides is 1. The number of hydrogen-bond donors (Lipinski definition) is 2. The summed E-state index contributed by atoms with van der Waals surface area (Å²) in [6, 6.07) is 7.80. The van der Waals surface area contributed by atoms with E-state index in [4.69, 9.17) is 5.73 Å². The van der Waals surface area contributed by atoms with Gasteiger partial charge in [-0.1, -0.05) is 39.8 Å². The zero-order valence-corrected chi connectivity index (χ0v) is 13.4. The van der Waals surface area contributed by atoms with Crippen molar-refractivity contribution in [3.63, 3.8) is 0 Å². The summed E-state index contributed by atoms with van der Waals surface area (Å²) in [5.74, 6) is 0.920. The molecule has 1 rings (SSSR count). The Labute approximate surface area is 122 Å². The number of nitrogens with two attached hydrogens (primary N) is 1. The fraction of sp³-hybridized carbons (Fsp3) is 0.588. The average Bonchev–Trinajstić information content (AvgIpc) is 2.37. The maximum Gasteiger partial charge on any atom is 0.251 e. The van der Waals surface area contributed by atoms with E-state index in [1.165, 1.54) is 5.56 Å². The van der Waals surface area contributed by atoms with Gasteiger partial charge < -0.3 is 11.1 Å². The first-order valence-corrected chi connectivity index (χ1v) is 7.40. The number of nitrogens with one attached hydrogen (secondary N) is 1. The second kappa shape index (κ2) is 6.89. The molecule has 0 aliphatic heterocycles. The first-order valence-electron chi connectivity index (χ1n) is 7.40. The molecule has 0 saturated carbocycles. The van der Waals surface area contributed by atoms with Crippen LogP contribution in [0.15, 0.2) is 24.3 Å². The van der Waals surface area contributed by atoms with Crippen molar-refractivity contribution >= 4 is 5.91 Å². The molecule has 1 atom stereocenters. The van der Waals surface area contributed by atoms with Gasteiger partial charge in [0.15, 0.2) is 0 Å². The fourth-order valence-electron chi connectivity index (χ4n) is 2.45. The number of carbonyl (C=O) groups excluding carboxylic acids is 1. The van der Waals surface area contributed by atoms with Crippen molar-refractivity contribution in [2.75, 3.05) is 6.54 Å². The molecule has 1 amide bonds. The van der Waals surface area contributed by atoms with Crippen molar-refractivity contribution < 1.29 is 4.79 Å². The number of hydrogen-bond acceptors (Lipinski definition) is 2. The van der Waals surface area contributed by atoms with Gasteiger partial charge in [-0.3, -0.25) is 4.79 Å². The second-order valence-electron chi connectivity index (χ2n) is 6.59. The van der Waals surface area contributed by atoms with Crippen LogP contribution in [0.2, 0.25) is 0 Å². The molecular weight excluding hydrogens is 248 g/mol. The summed E-state index contributed by atoms with van der Waals surface area (Å²) in [6.45, 7) is 11.0. The number of benzene rings is 1. The Morgan fingerprint density at radius 2 is 1.75 bits per heavy atom. The van der Waals surface area contributed by atoms with E-state index in [1.807, 2.05) is 31.2 Å². The lowest BCUT2D eigenvalue weighted by Gasteiger charge is -2.31. The summed E-state index contributed by atoms with van der Waals surface area (Å²) >= 11 is 0. The maximum atomic E-state index is 12.3. The highest BCUT2D eigenvalue weighted by molar-refractivity contribution is 5.94. The fourth-order valence-corrected chi connectivity index (χ4v) is 2.45. The maximum absolute atomic E-state index is 12.3. The van der Waals surface area contributed by atoms with Crippen molar-refractivity contribution in [2.45, 2.75) is 52.5 Å². The van der Waals surface area contributed by atoms with Gasteiger partial charge in [-0.2, -0.15) is 0 Å². The summed E-state index contributed by atoms with van der Waals surface area (Å²) in [5, 5.41) is 3.08. The SMILES string of the molecule is CC(C)CC(C)(CN)NC(=O)c1ccc(C(C)C)cc1. The van der Waals surface area contributed by atoms with Crippen molar-refractivity contribution in [2.24, 2.45) is 11.7 Å². The van der Waals surface area contributed by atoms with E-state index >= 15 is 0 Å². The predicted molar refractivity (Wildman–Crippen MR) is 84.9 cm³/mol. The third-order valence-corrected chi connectivity index (χ3v) is 3.56. The molecule has 0 spiro atoms. The average molecular weight is 276 g/mol. The van der Waals surface area contributed by atoms with Crippen LogP contribution in [0.4, 0.5) is 0 Å². The normalized spacial score (nSPS) is 14.4. The minimum absolute atomic E-state index is 0.0473. The molecule has 3 nitrogen and oxygen atoms in total. The van der Waals surface area contributed by atoms with Gasteiger partial charge >= 0.3 is 0 Å². The lowest BCUT2D eigenvalue weighted by molar-refractivity contribution is 0.0898. The molecule has 0 aliphatic carbocycles. The van der Waals surface area contributed by atoms with E-state index in [2.05, 4.69) is 33.0 Å². The van der Waals surface area contributed by atoms with Crippen LogP contribution in [0.5, 0.6) is 0 Å². The van der Waals surface area contributed by atoms with Crippen molar-refractivity contribution in [3.8, 4) is 0 Å². The van der Waals surface area contributed by atoms with E-state index in [0.29, 0.717) is 23.9 Å². The van der Waals surface area contributed by atoms with Gasteiger partial charge in [0.1, 0.15) is 0 Å². The summed E-state index contributed by atoms with van der Waals surface area (Å²) in [7, 11) is 0. The predicted octanol–water partition coefficient (Wildman–Crippen LogP) is 3.30. The van der Waals surface area contributed by atoms with Gasteiger partial charge in [-0.15, -0.1) is 0 Å². The summed E-state index contributed by atoms with van der Waals surface area (Å²) < 4.78 is 0. The van der Waals surface area contributed by atoms with Gasteiger partial charge in [0.2, 0.25) is 0 Å². The van der Waals surface area contributed by atoms with Crippen LogP contribution in [-0.2, 0) is 0 Å². The Hall–Kier alpha value is -1.35. The summed E-state index contributed by atoms with van der Waals surface area (Å²) in [5.41, 5.74) is 7.42. The largest absolute Gasteiger partial charge is 0.346 e. The van der Waals surface area contributed by atoms with Gasteiger partial charge in [0.25, 0.3) is 5.91 Å². The molecule has 0 saturated heterocycles. The van der Waals surface area contributed by atoms with E-state index < -0.39 is 0 Å². The summed E-state index contributed by atoms with van der Waals surface area (Å²) in [4.78, 5) is 12.3. The first kappa shape index (κ1) is 16.7. The zero-order chi connectivity index (χ0) is 15.3. The van der Waals surface area contributed by atoms with Crippen LogP contribution in [0.1, 0.15) is 62.9 Å². The molecule has 1 aromatic rings. The smallest absolute Gasteiger partial charge is 0.251 e. The van der Waals surface area contributed by atoms with Gasteiger partial charge in [-0.25, -0.2) is 0 Å². The van der Waals surface area contributed by atoms with E-state index in [-0.39, 0.29) is 11.4 Å². The first-order chi connectivity index (χ1) is 9.27. The third-order valence-electron chi connectivity index (χ3n) is 3.56. The molecular formula is C17H28N2O. The lowest BCUT2D eigenvalue weighted by Crippen LogP contribution is -2.52. The minimum Gasteiger partial charge on any atom is -0.346 e. The molecule has 1 unspecified atom stereocenters. The second-order valence-corrected chi connectivity index (χ2v) is 6.59. The quantitative estimate of drug-likeness (QED) is 0.837. The van der Waals surface area contributed by atoms with E-state index in [0.717, 1.165) is 6.42 Å². The van der Waals surface area contributed by atoms with Crippen LogP contribution in [-0.4, -0.2) is 18.0 Å². The lowest BCUT2D eigenvalue weighted by atomic mass is 9.90. The molecule has 0 radical (unpaired) electrons. The summed E-state index contributed by atoms with van der Waals surface area (Å²) in [6.07, 6.45) is 0.874. The molecule has 0 aliphatic rings. The molecule has 3 heteroatoms. The van der Waals surface area contributed by atoms with E-state index in [9.17, 15) is 4.79 Å². The van der Waals surface area contributed by atoms with Crippen molar-refractivity contribution in [3.05, 3.63) is 35.4 Å². The minimum atomic E-state index is -0.345. The van der Waals surface area contributed by atoms with Crippen LogP contribution < -0.4 is 11.1 Å². The molecule has 0 bridgehead atoms. The Kier molecular flexibility index (Phi) is 5.75. The Morgan fingerprint density at radius 1 is 1.20 bits per heavy atom. The van der Waals surface area contributed by atoms with Crippen molar-refractivity contribution in [1.29, 1.82) is 0 Å². The van der Waals surface area contributed by atoms with Gasteiger partial charge in [0.05, 0.1) is 0 Å². The molecule has 0 aromatic heterocycles. The molecule has 0 heterocycles. The highest BCUT2D eigenvalue weighted by atomic mass is 16.1. The number of carbonyl (C=O) groups is 1. The van der Waals surface area contributed by atoms with E-state index in [1.54, 1.807) is 0 Å². The standard InChI is InChI=1S/C17H28N2O/c1-12(2)10-17(5,11-18)19-16(20)15-8-6-14(7-9-15)13(3)4/h6-9,12-13H,10-11,18H2,1-5H3,(H,19,20). The van der Waals surface area contributed by atoms with Crippen molar-refractivity contribution in [1.82, 2.24) is 5.32 Å². The molecule has 1 aromatic carbocycles. The molecule has 0 fully saturated rings. The third kappa shape index (κ3) is 4.64. The molecule has 20 heavy (non-hydrogen) atoms. The Balaban J connectivity index is 2.79. The van der Waals surface area contributed by atoms with Crippen LogP contribution in [0.3, 0.4) is 0 Å². The topological polar surface area (TPSA) is 55.1 Å². The van der Waals surface area contributed by atoms with Crippen LogP contribution >= 0.6 is 0 Å². The highest BCUT2D eigenvalue weighted by Crippen LogP contribution is 2.18. The van der Waals surface area contributed by atoms with Gasteiger partial charge in [0, 0.05) is 17.6 Å². The van der Waals surface area contributed by atoms with Crippen LogP contribution in [0.25, 0.3) is 0 Å². The Bertz CT molecular complexity index is 437. The highest BCUT2D eigenvalue weighted by Gasteiger charge is 2.26. The monoisotopic (exact) mass is 276 g/mol. The van der Waals surface area contributed by atoms with Gasteiger partial charge in [-0.05, 0) is 42.9 Å². The Morgan fingerprint density at radius 3 is 2.15 bits per heavy atom. The van der Waals surface area contributed by atoms with Crippen LogP contribution in [0, 0.1) is 5.92 Å². The zero-order valence-electron chi connectivity index (χ0n) is 13.4.